The van der Waals surface area contributed by atoms with Gasteiger partial charge in [0.05, 0.1) is 0 Å². The molecular weight excluding hydrogens is 328 g/mol. The van der Waals surface area contributed by atoms with Crippen molar-refractivity contribution in [3.8, 4) is 11.1 Å². The van der Waals surface area contributed by atoms with Gasteiger partial charge in [-0.1, -0.05) is 68.4 Å². The van der Waals surface area contributed by atoms with E-state index in [4.69, 9.17) is 9.47 Å². The number of benzene rings is 2. The van der Waals surface area contributed by atoms with E-state index in [-0.39, 0.29) is 0 Å². The molecule has 3 rings (SSSR count). The molecule has 0 spiro atoms. The highest BCUT2D eigenvalue weighted by atomic mass is 16.7. The normalized spacial score (nSPS) is 19.4. The van der Waals surface area contributed by atoms with Crippen molar-refractivity contribution in [2.45, 2.75) is 45.3 Å². The largest absolute Gasteiger partial charge is 0.422 e. The maximum atomic E-state index is 12.6. The highest BCUT2D eigenvalue weighted by molar-refractivity contribution is 5.98. The Morgan fingerprint density at radius 1 is 0.885 bits per heavy atom. The van der Waals surface area contributed by atoms with Crippen LogP contribution in [0.4, 0.5) is 0 Å². The molecule has 1 saturated heterocycles. The van der Waals surface area contributed by atoms with E-state index in [1.54, 1.807) is 13.8 Å². The molecule has 1 heterocycles. The molecule has 0 bridgehead atoms. The Morgan fingerprint density at radius 3 is 1.88 bits per heavy atom. The summed E-state index contributed by atoms with van der Waals surface area (Å²) in [7, 11) is 0. The van der Waals surface area contributed by atoms with E-state index in [9.17, 15) is 9.59 Å². The first-order valence-corrected chi connectivity index (χ1v) is 8.88. The second kappa shape index (κ2) is 6.60. The lowest BCUT2D eigenvalue weighted by Crippen LogP contribution is -2.53. The van der Waals surface area contributed by atoms with E-state index < -0.39 is 29.1 Å². The van der Waals surface area contributed by atoms with E-state index in [0.717, 1.165) is 16.7 Å². The predicted octanol–water partition coefficient (Wildman–Crippen LogP) is 4.47. The minimum atomic E-state index is -1.21. The van der Waals surface area contributed by atoms with Gasteiger partial charge in [-0.25, -0.2) is 0 Å². The average molecular weight is 352 g/mol. The Balaban J connectivity index is 1.95. The summed E-state index contributed by atoms with van der Waals surface area (Å²) in [6, 6.07) is 18.1. The Bertz CT molecular complexity index is 788. The van der Waals surface area contributed by atoms with Gasteiger partial charge >= 0.3 is 11.9 Å². The van der Waals surface area contributed by atoms with Crippen LogP contribution in [0, 0.1) is 5.92 Å². The van der Waals surface area contributed by atoms with Gasteiger partial charge in [-0.05, 0) is 23.1 Å². The number of carbonyl (C=O) groups excluding carboxylic acids is 2. The Labute approximate surface area is 154 Å². The summed E-state index contributed by atoms with van der Waals surface area (Å²) in [5, 5.41) is 0. The van der Waals surface area contributed by atoms with Crippen molar-refractivity contribution in [1.29, 1.82) is 0 Å². The summed E-state index contributed by atoms with van der Waals surface area (Å²) in [5.74, 6) is -3.23. The molecule has 1 aliphatic heterocycles. The molecule has 0 saturated carbocycles. The van der Waals surface area contributed by atoms with E-state index >= 15 is 0 Å². The van der Waals surface area contributed by atoms with Crippen LogP contribution in [0.15, 0.2) is 54.6 Å². The summed E-state index contributed by atoms with van der Waals surface area (Å²) in [5.41, 5.74) is 2.43. The third kappa shape index (κ3) is 3.24. The number of ether oxygens (including phenoxy) is 2. The first-order valence-electron chi connectivity index (χ1n) is 8.88. The zero-order chi connectivity index (χ0) is 18.9. The number of rotatable bonds is 4. The summed E-state index contributed by atoms with van der Waals surface area (Å²) in [6.45, 7) is 7.01. The van der Waals surface area contributed by atoms with Crippen LogP contribution in [0.25, 0.3) is 11.1 Å². The minimum absolute atomic E-state index is 0.525. The maximum absolute atomic E-state index is 12.6. The van der Waals surface area contributed by atoms with Crippen LogP contribution in [0.1, 0.15) is 39.7 Å². The van der Waals surface area contributed by atoms with E-state index in [0.29, 0.717) is 6.42 Å². The summed E-state index contributed by atoms with van der Waals surface area (Å²) >= 11 is 0. The van der Waals surface area contributed by atoms with Crippen LogP contribution in [0.2, 0.25) is 0 Å². The zero-order valence-electron chi connectivity index (χ0n) is 15.6. The molecule has 2 aromatic rings. The Kier molecular flexibility index (Phi) is 4.61. The molecule has 136 valence electrons. The highest BCUT2D eigenvalue weighted by Crippen LogP contribution is 2.41. The van der Waals surface area contributed by atoms with E-state index in [1.807, 2.05) is 68.4 Å². The predicted molar refractivity (Wildman–Crippen MR) is 99.3 cm³/mol. The van der Waals surface area contributed by atoms with E-state index in [1.165, 1.54) is 0 Å². The molecule has 0 radical (unpaired) electrons. The highest BCUT2D eigenvalue weighted by Gasteiger charge is 2.52. The fraction of sp³-hybridized carbons (Fsp3) is 0.364. The number of carbonyl (C=O) groups is 2. The van der Waals surface area contributed by atoms with Gasteiger partial charge < -0.3 is 9.47 Å². The summed E-state index contributed by atoms with van der Waals surface area (Å²) < 4.78 is 10.7. The van der Waals surface area contributed by atoms with Crippen LogP contribution in [0.3, 0.4) is 0 Å². The number of cyclic esters (lactones) is 2. The Morgan fingerprint density at radius 2 is 1.38 bits per heavy atom. The lowest BCUT2D eigenvalue weighted by atomic mass is 9.69. The summed E-state index contributed by atoms with van der Waals surface area (Å²) in [4.78, 5) is 25.1. The first kappa shape index (κ1) is 18.2. The topological polar surface area (TPSA) is 52.6 Å². The third-order valence-electron chi connectivity index (χ3n) is 5.19. The van der Waals surface area contributed by atoms with Gasteiger partial charge in [-0.2, -0.15) is 0 Å². The van der Waals surface area contributed by atoms with Gasteiger partial charge in [-0.15, -0.1) is 0 Å². The van der Waals surface area contributed by atoms with Gasteiger partial charge in [-0.3, -0.25) is 9.59 Å². The smallest absolute Gasteiger partial charge is 0.324 e. The van der Waals surface area contributed by atoms with Gasteiger partial charge in [0.15, 0.2) is 5.92 Å². The van der Waals surface area contributed by atoms with Crippen molar-refractivity contribution in [2.24, 2.45) is 5.92 Å². The molecule has 4 heteroatoms. The molecule has 0 N–H and O–H groups in total. The van der Waals surface area contributed by atoms with Crippen molar-refractivity contribution < 1.29 is 19.1 Å². The molecule has 0 unspecified atom stereocenters. The molecule has 0 aromatic heterocycles. The van der Waals surface area contributed by atoms with Crippen molar-refractivity contribution in [3.05, 3.63) is 60.2 Å². The van der Waals surface area contributed by atoms with Crippen LogP contribution < -0.4 is 0 Å². The molecule has 0 aliphatic carbocycles. The molecule has 1 aliphatic rings. The fourth-order valence-corrected chi connectivity index (χ4v) is 3.49. The first-order chi connectivity index (χ1) is 12.3. The molecule has 2 aromatic carbocycles. The van der Waals surface area contributed by atoms with Gasteiger partial charge in [0.25, 0.3) is 5.79 Å². The second-order valence-corrected chi connectivity index (χ2v) is 7.39. The molecule has 1 atom stereocenters. The standard InChI is InChI=1S/C22H24O4/c1-5-22(4,18-19(23)25-21(2,3)26-20(18)24)17-13-11-16(12-14-17)15-9-7-6-8-10-15/h6-14,18H,5H2,1-4H3/t22-/m0/s1. The molecule has 26 heavy (non-hydrogen) atoms. The average Bonchev–Trinajstić information content (AvgIpc) is 2.60. The third-order valence-corrected chi connectivity index (χ3v) is 5.19. The van der Waals surface area contributed by atoms with Gasteiger partial charge in [0.2, 0.25) is 0 Å². The van der Waals surface area contributed by atoms with Crippen LogP contribution >= 0.6 is 0 Å². The van der Waals surface area contributed by atoms with Gasteiger partial charge in [0.1, 0.15) is 0 Å². The maximum Gasteiger partial charge on any atom is 0.324 e. The fourth-order valence-electron chi connectivity index (χ4n) is 3.49. The summed E-state index contributed by atoms with van der Waals surface area (Å²) in [6.07, 6.45) is 0.604. The van der Waals surface area contributed by atoms with Crippen molar-refractivity contribution in [2.75, 3.05) is 0 Å². The van der Waals surface area contributed by atoms with Gasteiger partial charge in [0, 0.05) is 19.3 Å². The molecule has 4 nitrogen and oxygen atoms in total. The zero-order valence-corrected chi connectivity index (χ0v) is 15.6. The van der Waals surface area contributed by atoms with Crippen molar-refractivity contribution >= 4 is 11.9 Å². The van der Waals surface area contributed by atoms with Crippen molar-refractivity contribution in [3.63, 3.8) is 0 Å². The van der Waals surface area contributed by atoms with Crippen LogP contribution in [0.5, 0.6) is 0 Å². The van der Waals surface area contributed by atoms with Crippen LogP contribution in [-0.4, -0.2) is 17.7 Å². The minimum Gasteiger partial charge on any atom is -0.422 e. The molecular formula is C22H24O4. The quantitative estimate of drug-likeness (QED) is 0.602. The lowest BCUT2D eigenvalue weighted by Gasteiger charge is -2.41. The Hall–Kier alpha value is -2.62. The second-order valence-electron chi connectivity index (χ2n) is 7.39. The number of hydrogen-bond donors (Lipinski definition) is 0. The molecule has 1 fully saturated rings. The molecule has 0 amide bonds. The van der Waals surface area contributed by atoms with Crippen LogP contribution in [-0.2, 0) is 24.5 Å². The van der Waals surface area contributed by atoms with E-state index in [2.05, 4.69) is 0 Å². The lowest BCUT2D eigenvalue weighted by molar-refractivity contribution is -0.243. The number of esters is 2. The number of hydrogen-bond acceptors (Lipinski definition) is 4. The SMILES string of the molecule is CC[C@@](C)(c1ccc(-c2ccccc2)cc1)C1C(=O)OC(C)(C)OC1=O. The monoisotopic (exact) mass is 352 g/mol. The van der Waals surface area contributed by atoms with Crippen molar-refractivity contribution in [1.82, 2.24) is 0 Å².